The van der Waals surface area contributed by atoms with Crippen molar-refractivity contribution in [2.75, 3.05) is 17.3 Å². The molecule has 1 amide bonds. The normalized spacial score (nSPS) is 11.8. The standard InChI is InChI=1S/C24H22F3NO5S2/c1-35(31,32)22-15-18(6-11-21(22)29)28-23(30)14-17-4-9-20(10-5-17)34-13-12-16-2-7-19(8-3-16)33-24(25,26)27/h2-11,15,29H,12-14H2,1H3,(H,28,30). The van der Waals surface area contributed by atoms with Crippen LogP contribution in [0.3, 0.4) is 0 Å². The van der Waals surface area contributed by atoms with Crippen LogP contribution in [0, 0.1) is 0 Å². The number of carbonyl (C=O) groups excluding carboxylic acids is 1. The molecule has 0 unspecified atom stereocenters. The van der Waals surface area contributed by atoms with Gasteiger partial charge in [-0.2, -0.15) is 0 Å². The second-order valence-corrected chi connectivity index (χ2v) is 10.8. The van der Waals surface area contributed by atoms with Crippen LogP contribution in [0.1, 0.15) is 11.1 Å². The molecule has 6 nitrogen and oxygen atoms in total. The average Bonchev–Trinajstić information content (AvgIpc) is 2.76. The van der Waals surface area contributed by atoms with Crippen LogP contribution in [0.5, 0.6) is 11.5 Å². The average molecular weight is 526 g/mol. The quantitative estimate of drug-likeness (QED) is 0.294. The van der Waals surface area contributed by atoms with E-state index >= 15 is 0 Å². The highest BCUT2D eigenvalue weighted by molar-refractivity contribution is 7.99. The summed E-state index contributed by atoms with van der Waals surface area (Å²) in [6, 6.07) is 17.0. The predicted octanol–water partition coefficient (Wildman–Crippen LogP) is 5.21. The minimum atomic E-state index is -4.71. The first-order valence-electron chi connectivity index (χ1n) is 10.3. The second kappa shape index (κ2) is 11.0. The highest BCUT2D eigenvalue weighted by Crippen LogP contribution is 2.27. The Labute approximate surface area is 205 Å². The van der Waals surface area contributed by atoms with Crippen molar-refractivity contribution in [3.05, 3.63) is 77.9 Å². The van der Waals surface area contributed by atoms with Crippen LogP contribution in [-0.2, 0) is 27.5 Å². The third kappa shape index (κ3) is 8.52. The first-order chi connectivity index (χ1) is 16.4. The number of aromatic hydroxyl groups is 1. The number of sulfone groups is 1. The maximum absolute atomic E-state index is 12.3. The molecule has 0 atom stereocenters. The van der Waals surface area contributed by atoms with Gasteiger partial charge in [-0.15, -0.1) is 24.9 Å². The number of nitrogens with one attached hydrogen (secondary N) is 1. The minimum absolute atomic E-state index is 0.0758. The number of carbonyl (C=O) groups is 1. The molecule has 0 radical (unpaired) electrons. The minimum Gasteiger partial charge on any atom is -0.507 e. The van der Waals surface area contributed by atoms with E-state index in [4.69, 9.17) is 0 Å². The lowest BCUT2D eigenvalue weighted by atomic mass is 10.1. The van der Waals surface area contributed by atoms with Crippen molar-refractivity contribution in [1.82, 2.24) is 0 Å². The van der Waals surface area contributed by atoms with Gasteiger partial charge in [0.25, 0.3) is 0 Å². The molecule has 0 fully saturated rings. The molecule has 11 heteroatoms. The SMILES string of the molecule is CS(=O)(=O)c1cc(NC(=O)Cc2ccc(SCCc3ccc(OC(F)(F)F)cc3)cc2)ccc1O. The lowest BCUT2D eigenvalue weighted by molar-refractivity contribution is -0.274. The molecule has 0 heterocycles. The van der Waals surface area contributed by atoms with E-state index in [0.29, 0.717) is 12.2 Å². The summed E-state index contributed by atoms with van der Waals surface area (Å²) in [5, 5.41) is 12.3. The number of alkyl halides is 3. The number of rotatable bonds is 9. The molecule has 0 saturated carbocycles. The number of halogens is 3. The number of hydrogen-bond donors (Lipinski definition) is 2. The van der Waals surface area contributed by atoms with Crippen LogP contribution in [0.2, 0.25) is 0 Å². The Bertz CT molecular complexity index is 1280. The lowest BCUT2D eigenvalue weighted by Gasteiger charge is -2.09. The number of phenolic OH excluding ortho intramolecular Hbond substituents is 1. The Morgan fingerprint density at radius 2 is 1.63 bits per heavy atom. The smallest absolute Gasteiger partial charge is 0.507 e. The fourth-order valence-electron chi connectivity index (χ4n) is 3.13. The maximum Gasteiger partial charge on any atom is 0.573 e. The molecule has 0 spiro atoms. The number of ether oxygens (including phenoxy) is 1. The van der Waals surface area contributed by atoms with Gasteiger partial charge in [0.05, 0.1) is 6.42 Å². The molecule has 0 saturated heterocycles. The van der Waals surface area contributed by atoms with Crippen molar-refractivity contribution in [2.45, 2.75) is 29.0 Å². The monoisotopic (exact) mass is 525 g/mol. The molecule has 0 aromatic heterocycles. The fraction of sp³-hybridized carbons (Fsp3) is 0.208. The van der Waals surface area contributed by atoms with Crippen molar-refractivity contribution in [3.63, 3.8) is 0 Å². The maximum atomic E-state index is 12.3. The summed E-state index contributed by atoms with van der Waals surface area (Å²) in [4.78, 5) is 13.1. The topological polar surface area (TPSA) is 92.7 Å². The Morgan fingerprint density at radius 3 is 2.23 bits per heavy atom. The van der Waals surface area contributed by atoms with Gasteiger partial charge < -0.3 is 15.2 Å². The zero-order valence-electron chi connectivity index (χ0n) is 18.5. The van der Waals surface area contributed by atoms with Crippen LogP contribution in [-0.4, -0.2) is 37.8 Å². The molecule has 0 bridgehead atoms. The molecular weight excluding hydrogens is 503 g/mol. The van der Waals surface area contributed by atoms with Gasteiger partial charge in [0, 0.05) is 22.6 Å². The summed E-state index contributed by atoms with van der Waals surface area (Å²) in [5.74, 6) is -0.266. The Morgan fingerprint density at radius 1 is 1.00 bits per heavy atom. The molecular formula is C24H22F3NO5S2. The highest BCUT2D eigenvalue weighted by Gasteiger charge is 2.30. The molecule has 2 N–H and O–H groups in total. The van der Waals surface area contributed by atoms with Gasteiger partial charge in [0.1, 0.15) is 16.4 Å². The zero-order chi connectivity index (χ0) is 25.6. The van der Waals surface area contributed by atoms with Gasteiger partial charge in [-0.25, -0.2) is 8.42 Å². The Kier molecular flexibility index (Phi) is 8.34. The molecule has 0 aliphatic carbocycles. The number of amides is 1. The van der Waals surface area contributed by atoms with E-state index in [1.807, 2.05) is 24.3 Å². The number of hydrogen-bond acceptors (Lipinski definition) is 6. The van der Waals surface area contributed by atoms with E-state index in [1.165, 1.54) is 30.3 Å². The van der Waals surface area contributed by atoms with Crippen molar-refractivity contribution < 1.29 is 36.2 Å². The van der Waals surface area contributed by atoms with Crippen LogP contribution in [0.4, 0.5) is 18.9 Å². The van der Waals surface area contributed by atoms with Crippen molar-refractivity contribution in [3.8, 4) is 11.5 Å². The van der Waals surface area contributed by atoms with Crippen LogP contribution >= 0.6 is 11.8 Å². The van der Waals surface area contributed by atoms with Gasteiger partial charge in [-0.05, 0) is 60.0 Å². The highest BCUT2D eigenvalue weighted by atomic mass is 32.2. The van der Waals surface area contributed by atoms with Crippen molar-refractivity contribution in [1.29, 1.82) is 0 Å². The molecule has 3 rings (SSSR count). The Balaban J connectivity index is 1.48. The zero-order valence-corrected chi connectivity index (χ0v) is 20.1. The van der Waals surface area contributed by atoms with Gasteiger partial charge in [0.2, 0.25) is 5.91 Å². The molecule has 0 aliphatic rings. The predicted molar refractivity (Wildman–Crippen MR) is 128 cm³/mol. The molecule has 3 aromatic carbocycles. The summed E-state index contributed by atoms with van der Waals surface area (Å²) in [6.45, 7) is 0. The van der Waals surface area contributed by atoms with Crippen LogP contribution in [0.15, 0.2) is 76.5 Å². The largest absolute Gasteiger partial charge is 0.573 e. The summed E-state index contributed by atoms with van der Waals surface area (Å²) >= 11 is 1.57. The third-order valence-electron chi connectivity index (χ3n) is 4.75. The van der Waals surface area contributed by atoms with Gasteiger partial charge in [-0.3, -0.25) is 4.79 Å². The molecule has 186 valence electrons. The van der Waals surface area contributed by atoms with E-state index < -0.39 is 16.2 Å². The van der Waals surface area contributed by atoms with E-state index in [9.17, 15) is 31.5 Å². The number of phenols is 1. The molecule has 0 aliphatic heterocycles. The van der Waals surface area contributed by atoms with E-state index in [2.05, 4.69) is 10.1 Å². The first kappa shape index (κ1) is 26.4. The van der Waals surface area contributed by atoms with E-state index in [0.717, 1.165) is 22.3 Å². The Hall–Kier alpha value is -3.18. The first-order valence-corrected chi connectivity index (χ1v) is 13.2. The second-order valence-electron chi connectivity index (χ2n) is 7.61. The summed E-state index contributed by atoms with van der Waals surface area (Å²) in [6.07, 6.45) is -3.01. The number of thioether (sulfide) groups is 1. The summed E-state index contributed by atoms with van der Waals surface area (Å²) in [5.41, 5.74) is 1.90. The lowest BCUT2D eigenvalue weighted by Crippen LogP contribution is -2.17. The fourth-order valence-corrected chi connectivity index (χ4v) is 4.82. The molecule has 3 aromatic rings. The van der Waals surface area contributed by atoms with E-state index in [1.54, 1.807) is 23.9 Å². The van der Waals surface area contributed by atoms with E-state index in [-0.39, 0.29) is 34.4 Å². The molecule has 35 heavy (non-hydrogen) atoms. The summed E-state index contributed by atoms with van der Waals surface area (Å²) < 4.78 is 63.9. The number of benzene rings is 3. The third-order valence-corrected chi connectivity index (χ3v) is 6.89. The number of aryl methyl sites for hydroxylation is 1. The summed E-state index contributed by atoms with van der Waals surface area (Å²) in [7, 11) is -3.64. The van der Waals surface area contributed by atoms with Gasteiger partial charge in [-0.1, -0.05) is 24.3 Å². The number of anilines is 1. The van der Waals surface area contributed by atoms with Crippen LogP contribution < -0.4 is 10.1 Å². The van der Waals surface area contributed by atoms with Crippen molar-refractivity contribution in [2.24, 2.45) is 0 Å². The van der Waals surface area contributed by atoms with Crippen molar-refractivity contribution >= 4 is 33.2 Å². The van der Waals surface area contributed by atoms with Crippen LogP contribution in [0.25, 0.3) is 0 Å². The van der Waals surface area contributed by atoms with Gasteiger partial charge in [0.15, 0.2) is 9.84 Å². The van der Waals surface area contributed by atoms with Gasteiger partial charge >= 0.3 is 6.36 Å².